The lowest BCUT2D eigenvalue weighted by Gasteiger charge is -2.10. The molecule has 0 heterocycles. The number of nitrogens with one attached hydrogen (secondary N) is 1. The SMILES string of the molecule is COc1ccc(CN/N=C/c2ccc(Br)c(OC)c2Br)c(OC)c1.Cl. The fourth-order valence-electron chi connectivity index (χ4n) is 2.08. The Balaban J connectivity index is 0.00000312. The molecule has 8 heteroatoms. The third-order valence-corrected chi connectivity index (χ3v) is 4.78. The van der Waals surface area contributed by atoms with E-state index in [9.17, 15) is 0 Å². The minimum absolute atomic E-state index is 0. The van der Waals surface area contributed by atoms with Gasteiger partial charge in [-0.05, 0) is 50.1 Å². The van der Waals surface area contributed by atoms with Crippen molar-refractivity contribution in [2.24, 2.45) is 5.10 Å². The van der Waals surface area contributed by atoms with Crippen molar-refractivity contribution in [1.29, 1.82) is 0 Å². The quantitative estimate of drug-likeness (QED) is 0.445. The van der Waals surface area contributed by atoms with Crippen LogP contribution in [0.1, 0.15) is 11.1 Å². The van der Waals surface area contributed by atoms with Crippen LogP contribution in [0.5, 0.6) is 17.2 Å². The lowest BCUT2D eigenvalue weighted by molar-refractivity contribution is 0.390. The van der Waals surface area contributed by atoms with E-state index in [-0.39, 0.29) is 12.4 Å². The molecule has 2 aromatic carbocycles. The minimum atomic E-state index is 0. The molecule has 0 amide bonds. The van der Waals surface area contributed by atoms with Gasteiger partial charge in [0.25, 0.3) is 0 Å². The van der Waals surface area contributed by atoms with Crippen LogP contribution in [0.3, 0.4) is 0 Å². The normalized spacial score (nSPS) is 10.3. The Hall–Kier alpha value is -1.44. The summed E-state index contributed by atoms with van der Waals surface area (Å²) in [5.74, 6) is 2.24. The van der Waals surface area contributed by atoms with Crippen molar-refractivity contribution in [2.75, 3.05) is 21.3 Å². The molecule has 0 unspecified atom stereocenters. The van der Waals surface area contributed by atoms with Gasteiger partial charge in [-0.3, -0.25) is 0 Å². The van der Waals surface area contributed by atoms with Crippen molar-refractivity contribution in [3.05, 3.63) is 50.4 Å². The van der Waals surface area contributed by atoms with Gasteiger partial charge in [0.1, 0.15) is 17.2 Å². The van der Waals surface area contributed by atoms with Crippen LogP contribution in [0.15, 0.2) is 44.4 Å². The first kappa shape index (κ1) is 21.6. The molecule has 2 rings (SSSR count). The smallest absolute Gasteiger partial charge is 0.147 e. The number of hydrogen-bond donors (Lipinski definition) is 1. The molecule has 0 aliphatic carbocycles. The Morgan fingerprint density at radius 2 is 1.80 bits per heavy atom. The highest BCUT2D eigenvalue weighted by Crippen LogP contribution is 2.35. The second kappa shape index (κ2) is 10.5. The van der Waals surface area contributed by atoms with Gasteiger partial charge in [-0.25, -0.2) is 0 Å². The Morgan fingerprint density at radius 3 is 2.44 bits per heavy atom. The molecule has 0 fully saturated rings. The van der Waals surface area contributed by atoms with E-state index in [2.05, 4.69) is 42.4 Å². The zero-order valence-electron chi connectivity index (χ0n) is 14.0. The van der Waals surface area contributed by atoms with E-state index in [1.54, 1.807) is 27.5 Å². The van der Waals surface area contributed by atoms with Crippen molar-refractivity contribution < 1.29 is 14.2 Å². The van der Waals surface area contributed by atoms with Gasteiger partial charge in [0.05, 0.1) is 43.0 Å². The van der Waals surface area contributed by atoms with E-state index in [4.69, 9.17) is 14.2 Å². The topological polar surface area (TPSA) is 52.1 Å². The monoisotopic (exact) mass is 492 g/mol. The molecule has 0 saturated heterocycles. The predicted octanol–water partition coefficient (Wildman–Crippen LogP) is 4.78. The van der Waals surface area contributed by atoms with Crippen molar-refractivity contribution in [3.8, 4) is 17.2 Å². The number of methoxy groups -OCH3 is 3. The average Bonchev–Trinajstić information content (AvgIpc) is 2.60. The van der Waals surface area contributed by atoms with Gasteiger partial charge in [-0.15, -0.1) is 12.4 Å². The average molecular weight is 495 g/mol. The number of hydrogen-bond acceptors (Lipinski definition) is 5. The fourth-order valence-corrected chi connectivity index (χ4v) is 3.45. The molecule has 0 atom stereocenters. The van der Waals surface area contributed by atoms with E-state index >= 15 is 0 Å². The summed E-state index contributed by atoms with van der Waals surface area (Å²) in [7, 11) is 4.88. The largest absolute Gasteiger partial charge is 0.497 e. The summed E-state index contributed by atoms with van der Waals surface area (Å²) < 4.78 is 17.6. The van der Waals surface area contributed by atoms with Gasteiger partial charge in [0.15, 0.2) is 0 Å². The summed E-state index contributed by atoms with van der Waals surface area (Å²) in [6.07, 6.45) is 1.73. The Morgan fingerprint density at radius 1 is 1.04 bits per heavy atom. The fraction of sp³-hybridized carbons (Fsp3) is 0.235. The molecule has 0 spiro atoms. The van der Waals surface area contributed by atoms with Gasteiger partial charge in [-0.2, -0.15) is 5.10 Å². The van der Waals surface area contributed by atoms with Crippen LogP contribution < -0.4 is 19.6 Å². The third-order valence-electron chi connectivity index (χ3n) is 3.34. The number of benzene rings is 2. The molecule has 1 N–H and O–H groups in total. The van der Waals surface area contributed by atoms with Crippen LogP contribution in [0, 0.1) is 0 Å². The molecule has 0 aliphatic rings. The maximum atomic E-state index is 5.36. The van der Waals surface area contributed by atoms with Crippen molar-refractivity contribution in [1.82, 2.24) is 5.43 Å². The summed E-state index contributed by atoms with van der Waals surface area (Å²) in [6, 6.07) is 9.53. The highest BCUT2D eigenvalue weighted by Gasteiger charge is 2.09. The van der Waals surface area contributed by atoms with Gasteiger partial charge in [0, 0.05) is 17.2 Å². The van der Waals surface area contributed by atoms with E-state index in [1.807, 2.05) is 30.3 Å². The molecule has 2 aromatic rings. The first-order chi connectivity index (χ1) is 11.6. The van der Waals surface area contributed by atoms with Crippen LogP contribution >= 0.6 is 44.3 Å². The Kier molecular flexibility index (Phi) is 9.10. The first-order valence-corrected chi connectivity index (χ1v) is 8.68. The molecule has 0 radical (unpaired) electrons. The number of ether oxygens (including phenoxy) is 3. The zero-order valence-corrected chi connectivity index (χ0v) is 18.0. The highest BCUT2D eigenvalue weighted by molar-refractivity contribution is 9.11. The van der Waals surface area contributed by atoms with Gasteiger partial charge < -0.3 is 19.6 Å². The molecule has 0 saturated carbocycles. The Labute approximate surface area is 170 Å². The van der Waals surface area contributed by atoms with E-state index in [0.717, 1.165) is 37.3 Å². The summed E-state index contributed by atoms with van der Waals surface area (Å²) in [4.78, 5) is 0. The molecule has 136 valence electrons. The number of nitrogens with zero attached hydrogens (tertiary/aromatic N) is 1. The zero-order chi connectivity index (χ0) is 17.5. The van der Waals surface area contributed by atoms with E-state index in [1.165, 1.54) is 0 Å². The number of hydrazone groups is 1. The molecular weight excluding hydrogens is 475 g/mol. The van der Waals surface area contributed by atoms with Crippen LogP contribution in [0.4, 0.5) is 0 Å². The summed E-state index contributed by atoms with van der Waals surface area (Å²) >= 11 is 6.96. The first-order valence-electron chi connectivity index (χ1n) is 7.09. The molecule has 0 aromatic heterocycles. The number of halogens is 3. The van der Waals surface area contributed by atoms with Crippen LogP contribution in [0.25, 0.3) is 0 Å². The lowest BCUT2D eigenvalue weighted by Crippen LogP contribution is -2.07. The third kappa shape index (κ3) is 5.52. The molecule has 5 nitrogen and oxygen atoms in total. The van der Waals surface area contributed by atoms with Gasteiger partial charge in [0.2, 0.25) is 0 Å². The van der Waals surface area contributed by atoms with Crippen LogP contribution in [-0.4, -0.2) is 27.5 Å². The Bertz CT molecular complexity index is 742. The van der Waals surface area contributed by atoms with Crippen molar-refractivity contribution >= 4 is 50.5 Å². The van der Waals surface area contributed by atoms with Crippen LogP contribution in [-0.2, 0) is 6.54 Å². The summed E-state index contributed by atoms with van der Waals surface area (Å²) in [5.41, 5.74) is 4.91. The molecule has 0 bridgehead atoms. The molecule has 0 aliphatic heterocycles. The maximum absolute atomic E-state index is 5.36. The van der Waals surface area contributed by atoms with Gasteiger partial charge in [-0.1, -0.05) is 6.07 Å². The van der Waals surface area contributed by atoms with E-state index in [0.29, 0.717) is 6.54 Å². The lowest BCUT2D eigenvalue weighted by atomic mass is 10.2. The van der Waals surface area contributed by atoms with Crippen molar-refractivity contribution in [2.45, 2.75) is 6.54 Å². The second-order valence-electron chi connectivity index (χ2n) is 4.75. The standard InChI is InChI=1S/C17H18Br2N2O3.ClH/c1-22-13-6-4-11(15(8-13)23-2)9-20-21-10-12-5-7-14(18)17(24-3)16(12)19;/h4-8,10,20H,9H2,1-3H3;1H/b21-10+;. The summed E-state index contributed by atoms with van der Waals surface area (Å²) in [5, 5.41) is 4.26. The summed E-state index contributed by atoms with van der Waals surface area (Å²) in [6.45, 7) is 0.537. The highest BCUT2D eigenvalue weighted by atomic mass is 79.9. The second-order valence-corrected chi connectivity index (χ2v) is 6.40. The van der Waals surface area contributed by atoms with Crippen LogP contribution in [0.2, 0.25) is 0 Å². The van der Waals surface area contributed by atoms with Crippen molar-refractivity contribution in [3.63, 3.8) is 0 Å². The predicted molar refractivity (Wildman–Crippen MR) is 110 cm³/mol. The van der Waals surface area contributed by atoms with E-state index < -0.39 is 0 Å². The number of rotatable bonds is 7. The molecular formula is C17H19Br2ClN2O3. The minimum Gasteiger partial charge on any atom is -0.497 e. The molecule has 25 heavy (non-hydrogen) atoms. The maximum Gasteiger partial charge on any atom is 0.147 e. The van der Waals surface area contributed by atoms with Gasteiger partial charge >= 0.3 is 0 Å².